The van der Waals surface area contributed by atoms with E-state index in [1.54, 1.807) is 55.5 Å². The molecule has 6 nitrogen and oxygen atoms in total. The molecule has 202 valence electrons. The normalized spacial score (nSPS) is 15.2. The summed E-state index contributed by atoms with van der Waals surface area (Å²) in [7, 11) is 0. The molecular weight excluding hydrogens is 530 g/mol. The third kappa shape index (κ3) is 12.0. The van der Waals surface area contributed by atoms with Gasteiger partial charge in [0.15, 0.2) is 11.6 Å². The minimum absolute atomic E-state index is 0. The van der Waals surface area contributed by atoms with Gasteiger partial charge in [0.25, 0.3) is 0 Å². The molecule has 0 aromatic heterocycles. The average Bonchev–Trinajstić information content (AvgIpc) is 3.00. The summed E-state index contributed by atoms with van der Waals surface area (Å²) >= 11 is -0.874. The number of carbonyl (C=O) groups excluding carboxylic acids is 2. The number of ketones is 2. The molecule has 8 heteroatoms. The summed E-state index contributed by atoms with van der Waals surface area (Å²) in [6.45, 7) is 1.93. The van der Waals surface area contributed by atoms with Crippen molar-refractivity contribution in [3.63, 3.8) is 0 Å². The largest absolute Gasteiger partial charge is 1.00 e. The zero-order chi connectivity index (χ0) is 27.0. The van der Waals surface area contributed by atoms with Crippen LogP contribution in [0.3, 0.4) is 0 Å². The predicted octanol–water partition coefficient (Wildman–Crippen LogP) is 3.14. The molecular formula is C32H34AlNaO6. The van der Waals surface area contributed by atoms with E-state index < -0.39 is 15.9 Å². The number of Topliss-reactive ketones (excluding diaryl/α,β-unsaturated/α-hetero) is 2. The molecule has 4 aromatic carbocycles. The number of aliphatic hydroxyl groups excluding tert-OH is 1. The van der Waals surface area contributed by atoms with Crippen LogP contribution >= 0.6 is 0 Å². The Morgan fingerprint density at radius 2 is 0.975 bits per heavy atom. The molecule has 4 aromatic rings. The molecule has 1 fully saturated rings. The third-order valence-corrected chi connectivity index (χ3v) is 6.90. The molecule has 1 aliphatic rings. The van der Waals surface area contributed by atoms with E-state index in [1.807, 2.05) is 24.3 Å². The van der Waals surface area contributed by atoms with Crippen LogP contribution in [0.25, 0.3) is 0 Å². The second-order valence-electron chi connectivity index (χ2n) is 8.56. The molecule has 0 bridgehead atoms. The van der Waals surface area contributed by atoms with Crippen LogP contribution in [0.2, 0.25) is 0 Å². The summed E-state index contributed by atoms with van der Waals surface area (Å²) in [6, 6.07) is 38.6. The maximum absolute atomic E-state index is 11.8. The molecule has 0 spiro atoms. The van der Waals surface area contributed by atoms with Gasteiger partial charge < -0.3 is 18.2 Å². The summed E-state index contributed by atoms with van der Waals surface area (Å²) in [5.74, 6) is -0.279. The molecule has 0 radical (unpaired) electrons. The molecule has 1 saturated heterocycles. The van der Waals surface area contributed by atoms with Crippen LogP contribution in [0.1, 0.15) is 63.8 Å². The van der Waals surface area contributed by atoms with Crippen molar-refractivity contribution < 1.29 is 57.3 Å². The van der Waals surface area contributed by atoms with Crippen molar-refractivity contribution in [3.8, 4) is 0 Å². The average molecular weight is 565 g/mol. The second kappa shape index (κ2) is 20.5. The van der Waals surface area contributed by atoms with Crippen LogP contribution in [-0.4, -0.2) is 44.6 Å². The summed E-state index contributed by atoms with van der Waals surface area (Å²) in [6.07, 6.45) is 1.21. The third-order valence-electron chi connectivity index (χ3n) is 5.82. The Morgan fingerprint density at radius 3 is 1.30 bits per heavy atom. The smallest absolute Gasteiger partial charge is 0.870 e. The zero-order valence-corrected chi connectivity index (χ0v) is 26.5. The first-order valence-corrected chi connectivity index (χ1v) is 13.9. The van der Waals surface area contributed by atoms with E-state index in [0.29, 0.717) is 11.1 Å². The molecule has 0 amide bonds. The molecule has 2 atom stereocenters. The number of benzene rings is 4. The standard InChI is InChI=1S/C15H14O2.C15H12O2.C2H6O.Al.Na.H2O.H/c2*16-14(12-7-3-1-4-8-12)11-15(17)13-9-5-2-6-10-13;1-2-3;;;;/h1-10,14-15H,11H2;1-10H,11H2;3H,2H2,1H3;;;1H2;/q-2;;;+2;+1;;/p-1. The molecule has 0 aliphatic carbocycles. The van der Waals surface area contributed by atoms with Gasteiger partial charge in [-0.25, -0.2) is 0 Å². The van der Waals surface area contributed by atoms with Crippen molar-refractivity contribution in [2.75, 3.05) is 6.61 Å². The van der Waals surface area contributed by atoms with Crippen LogP contribution < -0.4 is 29.6 Å². The number of aliphatic hydroxyl groups is 1. The molecule has 5 rings (SSSR count). The van der Waals surface area contributed by atoms with Gasteiger partial charge in [-0.2, -0.15) is 0 Å². The summed E-state index contributed by atoms with van der Waals surface area (Å²) in [5.41, 5.74) is 3.68. The Kier molecular flexibility index (Phi) is 18.2. The Bertz CT molecular complexity index is 1130. The van der Waals surface area contributed by atoms with Gasteiger partial charge in [-0.05, 0) is 18.1 Å². The van der Waals surface area contributed by atoms with Gasteiger partial charge in [-0.1, -0.05) is 121 Å². The quantitative estimate of drug-likeness (QED) is 0.219. The van der Waals surface area contributed by atoms with Gasteiger partial charge in [0.2, 0.25) is 0 Å². The van der Waals surface area contributed by atoms with E-state index in [0.717, 1.165) is 6.42 Å². The SMILES string of the molecule is CCO.O=C(CC(=O)c1ccccc1)c1ccccc1.[Na+].[OH-].c1ccc(C2CC(c3ccccc3)[O][AlH][O]2)cc1. The Hall–Kier alpha value is -2.41. The fraction of sp³-hybridized carbons (Fsp3) is 0.188. The molecule has 40 heavy (non-hydrogen) atoms. The first-order valence-electron chi connectivity index (χ1n) is 12.7. The van der Waals surface area contributed by atoms with Crippen molar-refractivity contribution >= 4 is 27.5 Å². The van der Waals surface area contributed by atoms with Crippen LogP contribution in [-0.2, 0) is 7.58 Å². The molecule has 1 heterocycles. The van der Waals surface area contributed by atoms with Crippen molar-refractivity contribution in [2.24, 2.45) is 0 Å². The Morgan fingerprint density at radius 1 is 0.675 bits per heavy atom. The number of carbonyl (C=O) groups is 2. The molecule has 2 N–H and O–H groups in total. The zero-order valence-electron chi connectivity index (χ0n) is 23.1. The maximum atomic E-state index is 11.8. The van der Waals surface area contributed by atoms with E-state index >= 15 is 0 Å². The summed E-state index contributed by atoms with van der Waals surface area (Å²) in [5, 5.41) is 7.57. The van der Waals surface area contributed by atoms with Gasteiger partial charge in [-0.3, -0.25) is 9.59 Å². The topological polar surface area (TPSA) is 103 Å². The molecule has 2 unspecified atom stereocenters. The van der Waals surface area contributed by atoms with Crippen LogP contribution in [0, 0.1) is 0 Å². The maximum Gasteiger partial charge on any atom is 1.00 e. The summed E-state index contributed by atoms with van der Waals surface area (Å²) in [4.78, 5) is 23.6. The number of hydrogen-bond acceptors (Lipinski definition) is 6. The van der Waals surface area contributed by atoms with E-state index in [4.69, 9.17) is 12.7 Å². The van der Waals surface area contributed by atoms with Crippen LogP contribution in [0.4, 0.5) is 0 Å². The fourth-order valence-corrected chi connectivity index (χ4v) is 5.00. The Labute approximate surface area is 265 Å². The fourth-order valence-electron chi connectivity index (χ4n) is 3.93. The van der Waals surface area contributed by atoms with Crippen molar-refractivity contribution in [1.29, 1.82) is 0 Å². The second-order valence-corrected chi connectivity index (χ2v) is 9.46. The minimum atomic E-state index is -0.874. The van der Waals surface area contributed by atoms with Crippen molar-refractivity contribution in [3.05, 3.63) is 144 Å². The molecule has 0 saturated carbocycles. The monoisotopic (exact) mass is 564 g/mol. The van der Waals surface area contributed by atoms with Crippen LogP contribution in [0.15, 0.2) is 121 Å². The number of hydrogen-bond donors (Lipinski definition) is 1. The van der Waals surface area contributed by atoms with E-state index in [1.165, 1.54) is 11.1 Å². The summed E-state index contributed by atoms with van der Waals surface area (Å²) < 4.78 is 11.7. The van der Waals surface area contributed by atoms with Crippen LogP contribution in [0.5, 0.6) is 0 Å². The van der Waals surface area contributed by atoms with Crippen molar-refractivity contribution in [2.45, 2.75) is 32.0 Å². The van der Waals surface area contributed by atoms with Gasteiger partial charge in [0.1, 0.15) is 0 Å². The number of rotatable bonds is 6. The van der Waals surface area contributed by atoms with E-state index in [2.05, 4.69) is 48.5 Å². The Balaban J connectivity index is 0.000000349. The van der Waals surface area contributed by atoms with Gasteiger partial charge >= 0.3 is 45.4 Å². The first-order chi connectivity index (χ1) is 18.6. The predicted molar refractivity (Wildman–Crippen MR) is 153 cm³/mol. The first kappa shape index (κ1) is 35.6. The minimum Gasteiger partial charge on any atom is -0.870 e. The molecule has 1 aliphatic heterocycles. The van der Waals surface area contributed by atoms with Crippen molar-refractivity contribution in [1.82, 2.24) is 0 Å². The van der Waals surface area contributed by atoms with Gasteiger partial charge in [0.05, 0.1) is 18.6 Å². The van der Waals surface area contributed by atoms with Gasteiger partial charge in [0, 0.05) is 24.2 Å². The van der Waals surface area contributed by atoms with E-state index in [-0.39, 0.29) is 71.8 Å². The van der Waals surface area contributed by atoms with Gasteiger partial charge in [-0.15, -0.1) is 0 Å². The van der Waals surface area contributed by atoms with E-state index in [9.17, 15) is 9.59 Å².